The maximum Gasteiger partial charge on any atom is 0.233 e. The molecule has 1 heterocycles. The van der Waals surface area contributed by atoms with E-state index in [-0.39, 0.29) is 11.2 Å². The smallest absolute Gasteiger partial charge is 0.233 e. The largest absolute Gasteiger partial charge is 0.351 e. The number of thioether (sulfide) groups is 1. The number of nitrogens with one attached hydrogen (secondary N) is 1. The molecule has 134 valence electrons. The fourth-order valence-corrected chi connectivity index (χ4v) is 3.54. The third-order valence-electron chi connectivity index (χ3n) is 4.03. The zero-order chi connectivity index (χ0) is 18.4. The van der Waals surface area contributed by atoms with Crippen molar-refractivity contribution in [3.05, 3.63) is 66.2 Å². The van der Waals surface area contributed by atoms with Crippen molar-refractivity contribution in [2.24, 2.45) is 0 Å². The van der Waals surface area contributed by atoms with Gasteiger partial charge in [0.25, 0.3) is 0 Å². The van der Waals surface area contributed by atoms with E-state index in [4.69, 9.17) is 0 Å². The molecule has 1 N–H and O–H groups in total. The summed E-state index contributed by atoms with van der Waals surface area (Å²) >= 11 is 1.43. The van der Waals surface area contributed by atoms with Gasteiger partial charge >= 0.3 is 0 Å². The Kier molecular flexibility index (Phi) is 6.07. The van der Waals surface area contributed by atoms with Gasteiger partial charge in [0.2, 0.25) is 5.91 Å². The maximum absolute atomic E-state index is 12.4. The number of carbonyl (C=O) groups is 1. The molecule has 1 atom stereocenters. The van der Waals surface area contributed by atoms with Crippen LogP contribution >= 0.6 is 11.8 Å². The minimum Gasteiger partial charge on any atom is -0.351 e. The lowest BCUT2D eigenvalue weighted by atomic mass is 10.2. The summed E-state index contributed by atoms with van der Waals surface area (Å²) in [7, 11) is 0. The molecule has 0 saturated carbocycles. The topological polar surface area (TPSA) is 59.8 Å². The molecule has 3 aromatic rings. The summed E-state index contributed by atoms with van der Waals surface area (Å²) in [5.41, 5.74) is 2.11. The van der Waals surface area contributed by atoms with Crippen LogP contribution < -0.4 is 5.32 Å². The first-order chi connectivity index (χ1) is 12.7. The average Bonchev–Trinajstić information content (AvgIpc) is 3.10. The first kappa shape index (κ1) is 18.2. The molecule has 0 aliphatic carbocycles. The van der Waals surface area contributed by atoms with Gasteiger partial charge in [-0.25, -0.2) is 0 Å². The SMILES string of the molecule is CCn1c(SC(C)C(=O)NCc2ccccc2)nnc1-c1ccccc1. The highest BCUT2D eigenvalue weighted by atomic mass is 32.2. The number of benzene rings is 2. The Hall–Kier alpha value is -2.60. The quantitative estimate of drug-likeness (QED) is 0.647. The Morgan fingerprint density at radius 1 is 1.08 bits per heavy atom. The lowest BCUT2D eigenvalue weighted by Crippen LogP contribution is -2.30. The number of hydrogen-bond donors (Lipinski definition) is 1. The second-order valence-electron chi connectivity index (χ2n) is 5.88. The molecular formula is C20H22N4OS. The van der Waals surface area contributed by atoms with Crippen LogP contribution in [0.15, 0.2) is 65.8 Å². The van der Waals surface area contributed by atoms with Gasteiger partial charge in [0.15, 0.2) is 11.0 Å². The Bertz CT molecular complexity index is 849. The van der Waals surface area contributed by atoms with Crippen molar-refractivity contribution in [1.82, 2.24) is 20.1 Å². The molecule has 0 bridgehead atoms. The van der Waals surface area contributed by atoms with E-state index in [9.17, 15) is 4.79 Å². The summed E-state index contributed by atoms with van der Waals surface area (Å²) in [6.07, 6.45) is 0. The van der Waals surface area contributed by atoms with Gasteiger partial charge in [-0.15, -0.1) is 10.2 Å². The first-order valence-corrected chi connectivity index (χ1v) is 9.54. The Labute approximate surface area is 157 Å². The molecule has 0 fully saturated rings. The van der Waals surface area contributed by atoms with Crippen LogP contribution in [0.1, 0.15) is 19.4 Å². The van der Waals surface area contributed by atoms with E-state index < -0.39 is 0 Å². The summed E-state index contributed by atoms with van der Waals surface area (Å²) in [5, 5.41) is 12.1. The predicted molar refractivity (Wildman–Crippen MR) is 105 cm³/mol. The van der Waals surface area contributed by atoms with E-state index in [1.807, 2.05) is 72.2 Å². The van der Waals surface area contributed by atoms with Crippen molar-refractivity contribution < 1.29 is 4.79 Å². The number of carbonyl (C=O) groups excluding carboxylic acids is 1. The van der Waals surface area contributed by atoms with Crippen LogP contribution in [0.4, 0.5) is 0 Å². The number of rotatable bonds is 7. The normalized spacial score (nSPS) is 11.9. The van der Waals surface area contributed by atoms with E-state index in [0.29, 0.717) is 6.54 Å². The van der Waals surface area contributed by atoms with Gasteiger partial charge < -0.3 is 9.88 Å². The lowest BCUT2D eigenvalue weighted by Gasteiger charge is -2.13. The molecule has 0 aliphatic heterocycles. The van der Waals surface area contributed by atoms with Crippen LogP contribution in [0.25, 0.3) is 11.4 Å². The number of hydrogen-bond acceptors (Lipinski definition) is 4. The lowest BCUT2D eigenvalue weighted by molar-refractivity contribution is -0.120. The molecule has 26 heavy (non-hydrogen) atoms. The minimum absolute atomic E-state index is 0.00855. The predicted octanol–water partition coefficient (Wildman–Crippen LogP) is 3.76. The average molecular weight is 366 g/mol. The van der Waals surface area contributed by atoms with Crippen LogP contribution in [0.5, 0.6) is 0 Å². The second-order valence-corrected chi connectivity index (χ2v) is 7.19. The van der Waals surface area contributed by atoms with Crippen LogP contribution in [-0.2, 0) is 17.9 Å². The van der Waals surface area contributed by atoms with Crippen molar-refractivity contribution in [2.75, 3.05) is 0 Å². The van der Waals surface area contributed by atoms with E-state index in [2.05, 4.69) is 22.4 Å². The molecule has 1 aromatic heterocycles. The van der Waals surface area contributed by atoms with Crippen LogP contribution in [0, 0.1) is 0 Å². The molecule has 0 radical (unpaired) electrons. The minimum atomic E-state index is -0.253. The highest BCUT2D eigenvalue weighted by Gasteiger charge is 2.20. The van der Waals surface area contributed by atoms with Gasteiger partial charge in [-0.3, -0.25) is 4.79 Å². The summed E-state index contributed by atoms with van der Waals surface area (Å²) in [6, 6.07) is 19.9. The van der Waals surface area contributed by atoms with Gasteiger partial charge in [-0.05, 0) is 19.4 Å². The van der Waals surface area contributed by atoms with Gasteiger partial charge in [-0.1, -0.05) is 72.4 Å². The third-order valence-corrected chi connectivity index (χ3v) is 5.11. The zero-order valence-electron chi connectivity index (χ0n) is 14.9. The Balaban J connectivity index is 1.66. The van der Waals surface area contributed by atoms with E-state index in [0.717, 1.165) is 28.7 Å². The van der Waals surface area contributed by atoms with E-state index >= 15 is 0 Å². The maximum atomic E-state index is 12.4. The molecule has 2 aromatic carbocycles. The molecule has 6 heteroatoms. The zero-order valence-corrected chi connectivity index (χ0v) is 15.7. The van der Waals surface area contributed by atoms with Crippen LogP contribution in [0.2, 0.25) is 0 Å². The molecular weight excluding hydrogens is 344 g/mol. The van der Waals surface area contributed by atoms with Crippen molar-refractivity contribution >= 4 is 17.7 Å². The highest BCUT2D eigenvalue weighted by molar-refractivity contribution is 8.00. The number of aromatic nitrogens is 3. The van der Waals surface area contributed by atoms with Gasteiger partial charge in [0.05, 0.1) is 5.25 Å². The standard InChI is InChI=1S/C20H22N4OS/c1-3-24-18(17-12-8-5-9-13-17)22-23-20(24)26-15(2)19(25)21-14-16-10-6-4-7-11-16/h4-13,15H,3,14H2,1-2H3,(H,21,25). The van der Waals surface area contributed by atoms with Crippen molar-refractivity contribution in [1.29, 1.82) is 0 Å². The molecule has 3 rings (SSSR count). The molecule has 1 unspecified atom stereocenters. The van der Waals surface area contributed by atoms with Gasteiger partial charge in [0, 0.05) is 18.7 Å². The monoisotopic (exact) mass is 366 g/mol. The molecule has 1 amide bonds. The molecule has 0 saturated heterocycles. The van der Waals surface area contributed by atoms with E-state index in [1.165, 1.54) is 11.8 Å². The highest BCUT2D eigenvalue weighted by Crippen LogP contribution is 2.26. The summed E-state index contributed by atoms with van der Waals surface area (Å²) in [4.78, 5) is 12.4. The fraction of sp³-hybridized carbons (Fsp3) is 0.250. The molecule has 0 aliphatic rings. The molecule has 0 spiro atoms. The van der Waals surface area contributed by atoms with Crippen molar-refractivity contribution in [2.45, 2.75) is 37.3 Å². The van der Waals surface area contributed by atoms with Crippen molar-refractivity contribution in [3.63, 3.8) is 0 Å². The van der Waals surface area contributed by atoms with Gasteiger partial charge in [0.1, 0.15) is 0 Å². The van der Waals surface area contributed by atoms with Crippen molar-refractivity contribution in [3.8, 4) is 11.4 Å². The summed E-state index contributed by atoms with van der Waals surface area (Å²) < 4.78 is 2.04. The third kappa shape index (κ3) is 4.32. The second kappa shape index (κ2) is 8.67. The Morgan fingerprint density at radius 2 is 1.73 bits per heavy atom. The van der Waals surface area contributed by atoms with E-state index in [1.54, 1.807) is 0 Å². The number of amides is 1. The Morgan fingerprint density at radius 3 is 2.38 bits per heavy atom. The van der Waals surface area contributed by atoms with Crippen LogP contribution in [-0.4, -0.2) is 25.9 Å². The van der Waals surface area contributed by atoms with Crippen LogP contribution in [0.3, 0.4) is 0 Å². The molecule has 5 nitrogen and oxygen atoms in total. The summed E-state index contributed by atoms with van der Waals surface area (Å²) in [6.45, 7) is 5.22. The first-order valence-electron chi connectivity index (χ1n) is 8.66. The number of nitrogens with zero attached hydrogens (tertiary/aromatic N) is 3. The van der Waals surface area contributed by atoms with Gasteiger partial charge in [-0.2, -0.15) is 0 Å². The summed E-state index contributed by atoms with van der Waals surface area (Å²) in [5.74, 6) is 0.818. The fourth-order valence-electron chi connectivity index (χ4n) is 2.60.